The molecule has 1 fully saturated rings. The van der Waals surface area contributed by atoms with Crippen LogP contribution < -0.4 is 0 Å². The Morgan fingerprint density at radius 3 is 2.03 bits per heavy atom. The monoisotopic (exact) mass is 512 g/mol. The molecular weight excluding hydrogens is 483 g/mol. The molecule has 3 aromatic rings. The number of alkyl halides is 2. The number of methoxy groups -OCH3 is 1. The van der Waals surface area contributed by atoms with Gasteiger partial charge < -0.3 is 4.74 Å². The summed E-state index contributed by atoms with van der Waals surface area (Å²) >= 11 is 0. The molecule has 3 aromatic carbocycles. The van der Waals surface area contributed by atoms with Crippen LogP contribution in [0.5, 0.6) is 0 Å². The molecule has 0 spiro atoms. The number of hydrogen-bond acceptors (Lipinski definition) is 1. The largest absolute Gasteiger partial charge is 0.381 e. The quantitative estimate of drug-likeness (QED) is 0.166. The third-order valence-corrected chi connectivity index (χ3v) is 6.91. The van der Waals surface area contributed by atoms with Crippen molar-refractivity contribution < 1.29 is 26.7 Å². The molecule has 194 valence electrons. The highest BCUT2D eigenvalue weighted by molar-refractivity contribution is 5.72. The van der Waals surface area contributed by atoms with E-state index in [1.807, 2.05) is 6.08 Å². The van der Waals surface area contributed by atoms with Gasteiger partial charge in [0, 0.05) is 7.11 Å². The topological polar surface area (TPSA) is 9.23 Å². The van der Waals surface area contributed by atoms with Crippen LogP contribution in [-0.4, -0.2) is 13.7 Å². The van der Waals surface area contributed by atoms with E-state index in [0.717, 1.165) is 43.4 Å². The Morgan fingerprint density at radius 2 is 1.43 bits per heavy atom. The van der Waals surface area contributed by atoms with E-state index in [9.17, 15) is 13.2 Å². The Bertz CT molecular complexity index is 1230. The van der Waals surface area contributed by atoms with Crippen LogP contribution in [0.3, 0.4) is 0 Å². The van der Waals surface area contributed by atoms with Gasteiger partial charge in [0.25, 0.3) is 6.43 Å². The van der Waals surface area contributed by atoms with E-state index < -0.39 is 29.4 Å². The molecule has 0 amide bonds. The van der Waals surface area contributed by atoms with Crippen molar-refractivity contribution >= 4 is 12.2 Å². The smallest absolute Gasteiger partial charge is 0.266 e. The first-order chi connectivity index (χ1) is 17.9. The van der Waals surface area contributed by atoms with Gasteiger partial charge in [0.15, 0.2) is 0 Å². The van der Waals surface area contributed by atoms with Gasteiger partial charge in [-0.15, -0.1) is 0 Å². The maximum Gasteiger partial charge on any atom is 0.266 e. The zero-order valence-corrected chi connectivity index (χ0v) is 20.6. The molecule has 0 atom stereocenters. The molecule has 0 bridgehead atoms. The van der Waals surface area contributed by atoms with Crippen molar-refractivity contribution in [3.8, 4) is 11.1 Å². The third kappa shape index (κ3) is 6.75. The van der Waals surface area contributed by atoms with Crippen LogP contribution in [0.15, 0.2) is 66.7 Å². The molecule has 37 heavy (non-hydrogen) atoms. The molecule has 1 aliphatic carbocycles. The maximum atomic E-state index is 15.1. The van der Waals surface area contributed by atoms with Crippen LogP contribution in [0.25, 0.3) is 23.3 Å². The summed E-state index contributed by atoms with van der Waals surface area (Å²) in [5, 5.41) is 0. The Hall–Kier alpha value is -3.25. The van der Waals surface area contributed by atoms with Crippen LogP contribution in [0, 0.1) is 23.4 Å². The minimum absolute atomic E-state index is 0.0693. The van der Waals surface area contributed by atoms with Crippen LogP contribution in [0.4, 0.5) is 22.0 Å². The lowest BCUT2D eigenvalue weighted by atomic mass is 9.78. The van der Waals surface area contributed by atoms with Gasteiger partial charge in [-0.25, -0.2) is 22.0 Å². The predicted octanol–water partition coefficient (Wildman–Crippen LogP) is 9.36. The fourth-order valence-corrected chi connectivity index (χ4v) is 4.87. The summed E-state index contributed by atoms with van der Waals surface area (Å²) < 4.78 is 74.4. The van der Waals surface area contributed by atoms with Gasteiger partial charge in [-0.05, 0) is 84.0 Å². The van der Waals surface area contributed by atoms with Crippen LogP contribution in [-0.2, 0) is 4.74 Å². The first kappa shape index (κ1) is 26.8. The zero-order valence-electron chi connectivity index (χ0n) is 20.6. The van der Waals surface area contributed by atoms with Crippen molar-refractivity contribution in [1.82, 2.24) is 0 Å². The second-order valence-electron chi connectivity index (χ2n) is 9.39. The average molecular weight is 513 g/mol. The molecule has 0 N–H and O–H groups in total. The lowest BCUT2D eigenvalue weighted by Gasteiger charge is -2.27. The van der Waals surface area contributed by atoms with Gasteiger partial charge in [-0.1, -0.05) is 54.6 Å². The molecule has 1 aliphatic rings. The van der Waals surface area contributed by atoms with E-state index in [2.05, 4.69) is 6.08 Å². The number of hydrogen-bond donors (Lipinski definition) is 0. The molecular formula is C31H29F5O. The van der Waals surface area contributed by atoms with Gasteiger partial charge >= 0.3 is 0 Å². The summed E-state index contributed by atoms with van der Waals surface area (Å²) in [4.78, 5) is 0. The van der Waals surface area contributed by atoms with Gasteiger partial charge in [-0.3, -0.25) is 0 Å². The maximum absolute atomic E-state index is 15.1. The minimum Gasteiger partial charge on any atom is -0.381 e. The fourth-order valence-electron chi connectivity index (χ4n) is 4.87. The highest BCUT2D eigenvalue weighted by Crippen LogP contribution is 2.38. The van der Waals surface area contributed by atoms with E-state index in [-0.39, 0.29) is 11.5 Å². The van der Waals surface area contributed by atoms with Crippen molar-refractivity contribution in [1.29, 1.82) is 0 Å². The Kier molecular flexibility index (Phi) is 8.93. The van der Waals surface area contributed by atoms with Gasteiger partial charge in [0.2, 0.25) is 0 Å². The predicted molar refractivity (Wildman–Crippen MR) is 138 cm³/mol. The molecule has 0 radical (unpaired) electrons. The summed E-state index contributed by atoms with van der Waals surface area (Å²) in [6, 6.07) is 13.1. The van der Waals surface area contributed by atoms with Gasteiger partial charge in [0.05, 0.1) is 17.7 Å². The highest BCUT2D eigenvalue weighted by atomic mass is 19.3. The molecule has 6 heteroatoms. The summed E-state index contributed by atoms with van der Waals surface area (Å²) in [6.07, 6.45) is 8.32. The summed E-state index contributed by atoms with van der Waals surface area (Å²) in [5.74, 6) is -1.53. The van der Waals surface area contributed by atoms with Gasteiger partial charge in [0.1, 0.15) is 17.5 Å². The molecule has 4 rings (SSSR count). The van der Waals surface area contributed by atoms with Crippen molar-refractivity contribution in [3.05, 3.63) is 106 Å². The number of allylic oxidation sites excluding steroid dienone is 1. The van der Waals surface area contributed by atoms with E-state index in [1.54, 1.807) is 43.5 Å². The highest BCUT2D eigenvalue weighted by Gasteiger charge is 2.23. The Labute approximate surface area is 214 Å². The SMILES string of the molecule is COC/C=C/C1CCC(c2cc(F)c(-c3ccc(/C=C/c4ccc(C(F)F)c(F)c4)cc3)c(F)c2)CC1. The number of rotatable bonds is 8. The summed E-state index contributed by atoms with van der Waals surface area (Å²) in [5.41, 5.74) is 1.55. The van der Waals surface area contributed by atoms with Crippen molar-refractivity contribution in [2.75, 3.05) is 13.7 Å². The first-order valence-electron chi connectivity index (χ1n) is 12.4. The van der Waals surface area contributed by atoms with Crippen LogP contribution in [0.2, 0.25) is 0 Å². The number of halogens is 5. The zero-order chi connectivity index (χ0) is 26.4. The summed E-state index contributed by atoms with van der Waals surface area (Å²) in [7, 11) is 1.66. The fraction of sp³-hybridized carbons (Fsp3) is 0.290. The van der Waals surface area contributed by atoms with Crippen molar-refractivity contribution in [2.45, 2.75) is 38.0 Å². The molecule has 1 saturated carbocycles. The van der Waals surface area contributed by atoms with Crippen LogP contribution >= 0.6 is 0 Å². The van der Waals surface area contributed by atoms with E-state index in [1.165, 1.54) is 18.2 Å². The third-order valence-electron chi connectivity index (χ3n) is 6.91. The van der Waals surface area contributed by atoms with Crippen molar-refractivity contribution in [2.24, 2.45) is 5.92 Å². The average Bonchev–Trinajstić information content (AvgIpc) is 2.88. The summed E-state index contributed by atoms with van der Waals surface area (Å²) in [6.45, 7) is 0.590. The first-order valence-corrected chi connectivity index (χ1v) is 12.4. The number of benzene rings is 3. The lowest BCUT2D eigenvalue weighted by molar-refractivity contribution is 0.146. The normalized spacial score (nSPS) is 18.4. The molecule has 0 heterocycles. The molecule has 0 saturated heterocycles. The second kappa shape index (κ2) is 12.3. The van der Waals surface area contributed by atoms with E-state index >= 15 is 8.78 Å². The minimum atomic E-state index is -2.87. The lowest BCUT2D eigenvalue weighted by Crippen LogP contribution is -2.12. The second-order valence-corrected chi connectivity index (χ2v) is 9.39. The van der Waals surface area contributed by atoms with Gasteiger partial charge in [-0.2, -0.15) is 0 Å². The van der Waals surface area contributed by atoms with E-state index in [4.69, 9.17) is 4.74 Å². The Morgan fingerprint density at radius 1 is 0.811 bits per heavy atom. The standard InChI is InChI=1S/C31H29F5O/c1-37-16-2-3-20-6-11-23(12-7-20)25-18-28(33)30(29(34)19-25)24-13-8-21(9-14-24)4-5-22-10-15-26(31(35)36)27(32)17-22/h2-5,8-10,13-15,17-20,23,31H,6-7,11-12,16H2,1H3/b3-2+,5-4+. The molecule has 0 unspecified atom stereocenters. The Balaban J connectivity index is 1.44. The van der Waals surface area contributed by atoms with Crippen LogP contribution in [0.1, 0.15) is 60.3 Å². The number of ether oxygens (including phenoxy) is 1. The molecule has 1 nitrogen and oxygen atoms in total. The van der Waals surface area contributed by atoms with Crippen molar-refractivity contribution in [3.63, 3.8) is 0 Å². The molecule has 0 aromatic heterocycles. The molecule has 0 aliphatic heterocycles. The van der Waals surface area contributed by atoms with E-state index in [0.29, 0.717) is 29.2 Å².